The van der Waals surface area contributed by atoms with Crippen LogP contribution in [0.15, 0.2) is 12.1 Å². The quantitative estimate of drug-likeness (QED) is 0.764. The molecule has 0 saturated carbocycles. The molecule has 14 heavy (non-hydrogen) atoms. The zero-order valence-electron chi connectivity index (χ0n) is 7.84. The number of rotatable bonds is 2. The number of primary amides is 1. The van der Waals surface area contributed by atoms with Crippen molar-refractivity contribution in [3.63, 3.8) is 0 Å². The van der Waals surface area contributed by atoms with E-state index < -0.39 is 17.1 Å². The number of aromatic nitrogens is 1. The molecular formula is C9H10ClFN2O. The van der Waals surface area contributed by atoms with Crippen LogP contribution in [0.1, 0.15) is 19.5 Å². The summed E-state index contributed by atoms with van der Waals surface area (Å²) in [4.78, 5) is 14.8. The predicted octanol–water partition coefficient (Wildman–Crippen LogP) is 1.64. The summed E-state index contributed by atoms with van der Waals surface area (Å²) >= 11 is 5.60. The highest BCUT2D eigenvalue weighted by atomic mass is 35.5. The van der Waals surface area contributed by atoms with Crippen LogP contribution in [-0.2, 0) is 10.2 Å². The minimum Gasteiger partial charge on any atom is -0.369 e. The van der Waals surface area contributed by atoms with Crippen LogP contribution >= 0.6 is 11.6 Å². The van der Waals surface area contributed by atoms with Crippen molar-refractivity contribution in [1.82, 2.24) is 4.98 Å². The summed E-state index contributed by atoms with van der Waals surface area (Å²) in [5.74, 6) is -1.23. The molecule has 0 fully saturated rings. The van der Waals surface area contributed by atoms with E-state index in [0.717, 1.165) is 6.07 Å². The van der Waals surface area contributed by atoms with Crippen LogP contribution in [-0.4, -0.2) is 10.9 Å². The molecule has 0 unspecified atom stereocenters. The van der Waals surface area contributed by atoms with Gasteiger partial charge in [0.05, 0.1) is 11.1 Å². The molecule has 1 aromatic heterocycles. The Balaban J connectivity index is 3.31. The summed E-state index contributed by atoms with van der Waals surface area (Å²) in [6.45, 7) is 2.99. The fourth-order valence-corrected chi connectivity index (χ4v) is 1.12. The van der Waals surface area contributed by atoms with E-state index in [-0.39, 0.29) is 10.8 Å². The van der Waals surface area contributed by atoms with E-state index in [1.54, 1.807) is 0 Å². The minimum absolute atomic E-state index is 0.0301. The van der Waals surface area contributed by atoms with Gasteiger partial charge in [0, 0.05) is 0 Å². The second-order valence-electron chi connectivity index (χ2n) is 3.45. The van der Waals surface area contributed by atoms with Crippen LogP contribution < -0.4 is 5.73 Å². The summed E-state index contributed by atoms with van der Waals surface area (Å²) in [6.07, 6.45) is 0. The lowest BCUT2D eigenvalue weighted by atomic mass is 9.88. The Labute approximate surface area is 86.1 Å². The molecule has 1 heterocycles. The van der Waals surface area contributed by atoms with Gasteiger partial charge in [-0.3, -0.25) is 4.79 Å². The van der Waals surface area contributed by atoms with Gasteiger partial charge >= 0.3 is 0 Å². The molecule has 1 aromatic rings. The van der Waals surface area contributed by atoms with Crippen molar-refractivity contribution in [2.75, 3.05) is 0 Å². The zero-order valence-corrected chi connectivity index (χ0v) is 8.60. The summed E-state index contributed by atoms with van der Waals surface area (Å²) in [5, 5.41) is 0.135. The fourth-order valence-electron chi connectivity index (χ4n) is 0.973. The highest BCUT2D eigenvalue weighted by Gasteiger charge is 2.32. The minimum atomic E-state index is -1.16. The van der Waals surface area contributed by atoms with Gasteiger partial charge in [0.1, 0.15) is 11.0 Å². The van der Waals surface area contributed by atoms with Gasteiger partial charge in [-0.25, -0.2) is 9.37 Å². The average Bonchev–Trinajstić information content (AvgIpc) is 2.08. The first-order valence-corrected chi connectivity index (χ1v) is 4.36. The SMILES string of the molecule is CC(C)(C(N)=O)c1nc(Cl)ccc1F. The maximum atomic E-state index is 13.3. The maximum absolute atomic E-state index is 13.3. The lowest BCUT2D eigenvalue weighted by Gasteiger charge is -2.20. The van der Waals surface area contributed by atoms with Crippen LogP contribution in [0.3, 0.4) is 0 Å². The second-order valence-corrected chi connectivity index (χ2v) is 3.84. The van der Waals surface area contributed by atoms with E-state index in [9.17, 15) is 9.18 Å². The molecule has 0 aromatic carbocycles. The number of hydrogen-bond donors (Lipinski definition) is 1. The van der Waals surface area contributed by atoms with Crippen molar-refractivity contribution in [1.29, 1.82) is 0 Å². The van der Waals surface area contributed by atoms with E-state index in [0.29, 0.717) is 0 Å². The Morgan fingerprint density at radius 2 is 2.14 bits per heavy atom. The van der Waals surface area contributed by atoms with Crippen LogP contribution in [0.5, 0.6) is 0 Å². The van der Waals surface area contributed by atoms with Gasteiger partial charge in [-0.05, 0) is 26.0 Å². The molecule has 0 radical (unpaired) electrons. The Morgan fingerprint density at radius 1 is 1.57 bits per heavy atom. The Kier molecular flexibility index (Phi) is 2.76. The molecule has 0 atom stereocenters. The predicted molar refractivity (Wildman–Crippen MR) is 51.4 cm³/mol. The number of amides is 1. The lowest BCUT2D eigenvalue weighted by molar-refractivity contribution is -0.122. The van der Waals surface area contributed by atoms with E-state index in [1.165, 1.54) is 19.9 Å². The Hall–Kier alpha value is -1.16. The normalized spacial score (nSPS) is 11.4. The molecule has 2 N–H and O–H groups in total. The summed E-state index contributed by atoms with van der Waals surface area (Å²) in [5.41, 5.74) is 3.94. The average molecular weight is 217 g/mol. The van der Waals surface area contributed by atoms with Crippen molar-refractivity contribution in [3.8, 4) is 0 Å². The van der Waals surface area contributed by atoms with Crippen LogP contribution in [0.4, 0.5) is 4.39 Å². The first kappa shape index (κ1) is 10.9. The highest BCUT2D eigenvalue weighted by Crippen LogP contribution is 2.24. The molecule has 0 aliphatic heterocycles. The molecule has 0 aliphatic carbocycles. The molecule has 0 aliphatic rings. The van der Waals surface area contributed by atoms with Gasteiger partial charge in [0.25, 0.3) is 0 Å². The summed E-state index contributed by atoms with van der Waals surface area (Å²) in [6, 6.07) is 2.48. The monoisotopic (exact) mass is 216 g/mol. The van der Waals surface area contributed by atoms with Crippen molar-refractivity contribution in [3.05, 3.63) is 28.8 Å². The maximum Gasteiger partial charge on any atom is 0.229 e. The number of nitrogens with zero attached hydrogens (tertiary/aromatic N) is 1. The van der Waals surface area contributed by atoms with E-state index in [2.05, 4.69) is 4.98 Å². The van der Waals surface area contributed by atoms with E-state index >= 15 is 0 Å². The van der Waals surface area contributed by atoms with Crippen LogP contribution in [0.25, 0.3) is 0 Å². The smallest absolute Gasteiger partial charge is 0.229 e. The number of hydrogen-bond acceptors (Lipinski definition) is 2. The van der Waals surface area contributed by atoms with Gasteiger partial charge in [-0.2, -0.15) is 0 Å². The first-order valence-electron chi connectivity index (χ1n) is 3.98. The topological polar surface area (TPSA) is 56.0 Å². The molecular weight excluding hydrogens is 207 g/mol. The third-order valence-electron chi connectivity index (χ3n) is 2.02. The van der Waals surface area contributed by atoms with E-state index in [1.807, 2.05) is 0 Å². The third-order valence-corrected chi connectivity index (χ3v) is 2.23. The van der Waals surface area contributed by atoms with Crippen molar-refractivity contribution >= 4 is 17.5 Å². The molecule has 3 nitrogen and oxygen atoms in total. The number of carbonyl (C=O) groups is 1. The van der Waals surface area contributed by atoms with Crippen molar-refractivity contribution in [2.45, 2.75) is 19.3 Å². The standard InChI is InChI=1S/C9H10ClFN2O/c1-9(2,8(12)14)7-5(11)3-4-6(10)13-7/h3-4H,1-2H3,(H2,12,14). The van der Waals surface area contributed by atoms with Crippen LogP contribution in [0.2, 0.25) is 5.15 Å². The molecule has 76 valence electrons. The largest absolute Gasteiger partial charge is 0.369 e. The molecule has 1 rings (SSSR count). The van der Waals surface area contributed by atoms with E-state index in [4.69, 9.17) is 17.3 Å². The Bertz CT molecular complexity index is 379. The number of pyridine rings is 1. The Morgan fingerprint density at radius 3 is 2.64 bits per heavy atom. The number of carbonyl (C=O) groups excluding carboxylic acids is 1. The lowest BCUT2D eigenvalue weighted by Crippen LogP contribution is -2.37. The molecule has 0 spiro atoms. The highest BCUT2D eigenvalue weighted by molar-refractivity contribution is 6.29. The molecule has 1 amide bonds. The number of nitrogens with two attached hydrogens (primary N) is 1. The van der Waals surface area contributed by atoms with Crippen molar-refractivity contribution in [2.24, 2.45) is 5.73 Å². The van der Waals surface area contributed by atoms with Gasteiger partial charge in [0.2, 0.25) is 5.91 Å². The molecule has 5 heteroatoms. The van der Waals surface area contributed by atoms with Gasteiger partial charge in [-0.15, -0.1) is 0 Å². The summed E-state index contributed by atoms with van der Waals surface area (Å²) in [7, 11) is 0. The first-order chi connectivity index (χ1) is 6.35. The second kappa shape index (κ2) is 3.53. The van der Waals surface area contributed by atoms with Crippen molar-refractivity contribution < 1.29 is 9.18 Å². The summed E-state index contributed by atoms with van der Waals surface area (Å²) < 4.78 is 13.3. The third kappa shape index (κ3) is 1.85. The van der Waals surface area contributed by atoms with Gasteiger partial charge in [-0.1, -0.05) is 11.6 Å². The molecule has 0 bridgehead atoms. The fraction of sp³-hybridized carbons (Fsp3) is 0.333. The molecule has 0 saturated heterocycles. The zero-order chi connectivity index (χ0) is 10.9. The number of halogens is 2. The van der Waals surface area contributed by atoms with Crippen LogP contribution in [0, 0.1) is 5.82 Å². The van der Waals surface area contributed by atoms with Gasteiger partial charge in [0.15, 0.2) is 0 Å². The van der Waals surface area contributed by atoms with Gasteiger partial charge < -0.3 is 5.73 Å².